The number of methoxy groups -OCH3 is 1. The van der Waals surface area contributed by atoms with Crippen LogP contribution in [0.25, 0.3) is 0 Å². The average Bonchev–Trinajstić information content (AvgIpc) is 2.16. The number of amides is 1. The number of aromatic nitrogens is 2. The van der Waals surface area contributed by atoms with Crippen LogP contribution in [0.5, 0.6) is 5.75 Å². The van der Waals surface area contributed by atoms with Crippen LogP contribution in [-0.2, 0) is 5.88 Å². The molecule has 1 aromatic heterocycles. The lowest BCUT2D eigenvalue weighted by atomic mass is 10.4. The van der Waals surface area contributed by atoms with Gasteiger partial charge in [0.2, 0.25) is 0 Å². The summed E-state index contributed by atoms with van der Waals surface area (Å²) in [6, 6.07) is 1.42. The van der Waals surface area contributed by atoms with Gasteiger partial charge in [0.25, 0.3) is 0 Å². The standard InChI is InChI=1S/C7H8ClN3O3/c1-14-5-2-6(9-7(12)13)11-10-4(5)3-8/h2H,3H2,1H3,(H,9,11)(H,12,13). The minimum atomic E-state index is -1.21. The van der Waals surface area contributed by atoms with E-state index in [4.69, 9.17) is 21.4 Å². The molecule has 6 nitrogen and oxygen atoms in total. The fourth-order valence-corrected chi connectivity index (χ4v) is 1.02. The van der Waals surface area contributed by atoms with Crippen molar-refractivity contribution >= 4 is 23.5 Å². The van der Waals surface area contributed by atoms with Crippen molar-refractivity contribution in [3.63, 3.8) is 0 Å². The highest BCUT2D eigenvalue weighted by molar-refractivity contribution is 6.17. The molecule has 0 saturated heterocycles. The summed E-state index contributed by atoms with van der Waals surface area (Å²) in [5.41, 5.74) is 0.463. The number of alkyl halides is 1. The molecular weight excluding hydrogens is 210 g/mol. The third kappa shape index (κ3) is 2.46. The van der Waals surface area contributed by atoms with Crippen LogP contribution in [0.3, 0.4) is 0 Å². The van der Waals surface area contributed by atoms with Crippen molar-refractivity contribution in [1.29, 1.82) is 0 Å². The molecule has 1 rings (SSSR count). The Morgan fingerprint density at radius 1 is 1.71 bits per heavy atom. The van der Waals surface area contributed by atoms with Crippen LogP contribution < -0.4 is 10.1 Å². The first-order chi connectivity index (χ1) is 6.67. The number of halogens is 1. The number of rotatable bonds is 3. The van der Waals surface area contributed by atoms with Crippen molar-refractivity contribution in [2.75, 3.05) is 12.4 Å². The molecule has 1 aromatic rings. The van der Waals surface area contributed by atoms with Crippen molar-refractivity contribution < 1.29 is 14.6 Å². The number of nitrogens with one attached hydrogen (secondary N) is 1. The number of nitrogens with zero attached hydrogens (tertiary/aromatic N) is 2. The Labute approximate surface area is 84.9 Å². The second-order valence-corrected chi connectivity index (χ2v) is 2.58. The lowest BCUT2D eigenvalue weighted by Gasteiger charge is -2.05. The Morgan fingerprint density at radius 3 is 2.93 bits per heavy atom. The summed E-state index contributed by atoms with van der Waals surface area (Å²) in [4.78, 5) is 10.3. The van der Waals surface area contributed by atoms with Crippen LogP contribution in [0.15, 0.2) is 6.07 Å². The zero-order valence-corrected chi connectivity index (χ0v) is 8.08. The van der Waals surface area contributed by atoms with Crippen molar-refractivity contribution in [3.8, 4) is 5.75 Å². The van der Waals surface area contributed by atoms with Crippen LogP contribution in [0.2, 0.25) is 0 Å². The predicted octanol–water partition coefficient (Wildman–Crippen LogP) is 1.31. The lowest BCUT2D eigenvalue weighted by molar-refractivity contribution is 0.209. The quantitative estimate of drug-likeness (QED) is 0.746. The molecule has 0 spiro atoms. The topological polar surface area (TPSA) is 84.3 Å². The Hall–Kier alpha value is -1.56. The van der Waals surface area contributed by atoms with Gasteiger partial charge in [0, 0.05) is 6.07 Å². The van der Waals surface area contributed by atoms with E-state index in [2.05, 4.69) is 15.5 Å². The summed E-state index contributed by atoms with van der Waals surface area (Å²) in [7, 11) is 1.44. The maximum Gasteiger partial charge on any atom is 0.410 e. The molecule has 7 heteroatoms. The monoisotopic (exact) mass is 217 g/mol. The minimum Gasteiger partial charge on any atom is -0.495 e. The third-order valence-corrected chi connectivity index (χ3v) is 1.67. The second kappa shape index (κ2) is 4.61. The van der Waals surface area contributed by atoms with Gasteiger partial charge in [0.15, 0.2) is 5.82 Å². The summed E-state index contributed by atoms with van der Waals surface area (Å²) < 4.78 is 4.94. The predicted molar refractivity (Wildman–Crippen MR) is 49.8 cm³/mol. The zero-order valence-electron chi connectivity index (χ0n) is 7.32. The highest BCUT2D eigenvalue weighted by Gasteiger charge is 2.07. The molecule has 0 fully saturated rings. The normalized spacial score (nSPS) is 9.57. The number of carboxylic acid groups (broad SMARTS) is 1. The number of hydrogen-bond acceptors (Lipinski definition) is 4. The van der Waals surface area contributed by atoms with Gasteiger partial charge < -0.3 is 9.84 Å². The molecule has 0 saturated carbocycles. The molecular formula is C7H8ClN3O3. The molecule has 0 radical (unpaired) electrons. The van der Waals surface area contributed by atoms with Crippen LogP contribution in [0, 0.1) is 0 Å². The van der Waals surface area contributed by atoms with Crippen LogP contribution >= 0.6 is 11.6 Å². The third-order valence-electron chi connectivity index (χ3n) is 1.41. The summed E-state index contributed by atoms with van der Waals surface area (Å²) in [6.45, 7) is 0. The molecule has 0 atom stereocenters. The van der Waals surface area contributed by atoms with E-state index in [-0.39, 0.29) is 11.7 Å². The summed E-state index contributed by atoms with van der Waals surface area (Å²) >= 11 is 5.55. The van der Waals surface area contributed by atoms with Gasteiger partial charge >= 0.3 is 6.09 Å². The molecule has 0 aliphatic heterocycles. The van der Waals surface area contributed by atoms with E-state index in [1.807, 2.05) is 0 Å². The van der Waals surface area contributed by atoms with E-state index in [0.717, 1.165) is 0 Å². The summed E-state index contributed by atoms with van der Waals surface area (Å²) in [5, 5.41) is 17.7. The van der Waals surface area contributed by atoms with Crippen molar-refractivity contribution in [2.45, 2.75) is 5.88 Å². The molecule has 1 amide bonds. The molecule has 0 aromatic carbocycles. The van der Waals surface area contributed by atoms with Crippen LogP contribution in [0.4, 0.5) is 10.6 Å². The summed E-state index contributed by atoms with van der Waals surface area (Å²) in [5.74, 6) is 0.658. The molecule has 1 heterocycles. The van der Waals surface area contributed by atoms with Gasteiger partial charge in [0.05, 0.1) is 13.0 Å². The maximum absolute atomic E-state index is 10.3. The van der Waals surface area contributed by atoms with Crippen LogP contribution in [0.1, 0.15) is 5.69 Å². The van der Waals surface area contributed by atoms with E-state index in [9.17, 15) is 4.79 Å². The van der Waals surface area contributed by atoms with E-state index in [1.165, 1.54) is 13.2 Å². The van der Waals surface area contributed by atoms with Gasteiger partial charge in [-0.25, -0.2) is 4.79 Å². The van der Waals surface area contributed by atoms with Gasteiger partial charge in [-0.1, -0.05) is 0 Å². The van der Waals surface area contributed by atoms with Crippen molar-refractivity contribution in [3.05, 3.63) is 11.8 Å². The largest absolute Gasteiger partial charge is 0.495 e. The number of anilines is 1. The molecule has 2 N–H and O–H groups in total. The fourth-order valence-electron chi connectivity index (χ4n) is 0.840. The van der Waals surface area contributed by atoms with E-state index in [0.29, 0.717) is 11.4 Å². The highest BCUT2D eigenvalue weighted by atomic mass is 35.5. The zero-order chi connectivity index (χ0) is 10.6. The average molecular weight is 218 g/mol. The van der Waals surface area contributed by atoms with Gasteiger partial charge in [-0.05, 0) is 0 Å². The first kappa shape index (κ1) is 10.5. The molecule has 14 heavy (non-hydrogen) atoms. The van der Waals surface area contributed by atoms with E-state index < -0.39 is 6.09 Å². The molecule has 0 bridgehead atoms. The lowest BCUT2D eigenvalue weighted by Crippen LogP contribution is -2.10. The Morgan fingerprint density at radius 2 is 2.43 bits per heavy atom. The molecule has 76 valence electrons. The van der Waals surface area contributed by atoms with Crippen molar-refractivity contribution in [2.24, 2.45) is 0 Å². The first-order valence-electron chi connectivity index (χ1n) is 3.64. The SMILES string of the molecule is COc1cc(NC(=O)O)nnc1CCl. The molecule has 0 unspecified atom stereocenters. The van der Waals surface area contributed by atoms with Crippen LogP contribution in [-0.4, -0.2) is 28.5 Å². The smallest absolute Gasteiger partial charge is 0.410 e. The van der Waals surface area contributed by atoms with Gasteiger partial charge in [-0.3, -0.25) is 5.32 Å². The first-order valence-corrected chi connectivity index (χ1v) is 4.17. The van der Waals surface area contributed by atoms with Gasteiger partial charge in [-0.15, -0.1) is 21.8 Å². The number of hydrogen-bond donors (Lipinski definition) is 2. The maximum atomic E-state index is 10.3. The highest BCUT2D eigenvalue weighted by Crippen LogP contribution is 2.19. The van der Waals surface area contributed by atoms with Gasteiger partial charge in [-0.2, -0.15) is 0 Å². The summed E-state index contributed by atoms with van der Waals surface area (Å²) in [6.07, 6.45) is -1.21. The molecule has 0 aliphatic carbocycles. The van der Waals surface area contributed by atoms with Crippen molar-refractivity contribution in [1.82, 2.24) is 10.2 Å². The Kier molecular flexibility index (Phi) is 3.47. The number of carbonyl (C=O) groups is 1. The van der Waals surface area contributed by atoms with E-state index >= 15 is 0 Å². The van der Waals surface area contributed by atoms with E-state index in [1.54, 1.807) is 0 Å². The Balaban J connectivity index is 2.95. The fraction of sp³-hybridized carbons (Fsp3) is 0.286. The number of ether oxygens (including phenoxy) is 1. The second-order valence-electron chi connectivity index (χ2n) is 2.31. The van der Waals surface area contributed by atoms with Gasteiger partial charge in [0.1, 0.15) is 11.4 Å². The Bertz CT molecular complexity index is 345. The molecule has 0 aliphatic rings. The minimum absolute atomic E-state index is 0.100.